The first-order chi connectivity index (χ1) is 9.25. The number of nitrogens with zero attached hydrogens (tertiary/aromatic N) is 4. The summed E-state index contributed by atoms with van der Waals surface area (Å²) in [5, 5.41) is 11.1. The minimum absolute atomic E-state index is 0.348. The lowest BCUT2D eigenvalue weighted by Crippen LogP contribution is -2.04. The molecule has 2 heterocycles. The standard InChI is InChI=1S/C12H11BrN6/c13-9-4-2-1-3-8(9)7-16-10-11-17-18-12(14)19(11)6-5-15-10/h1-6H,7H2,(H2,14,18)(H,15,16). The van der Waals surface area contributed by atoms with Gasteiger partial charge < -0.3 is 11.1 Å². The van der Waals surface area contributed by atoms with Crippen LogP contribution in [0.4, 0.5) is 11.8 Å². The molecule has 0 spiro atoms. The van der Waals surface area contributed by atoms with Crippen molar-refractivity contribution in [2.24, 2.45) is 0 Å². The van der Waals surface area contributed by atoms with Gasteiger partial charge in [0, 0.05) is 23.4 Å². The number of benzene rings is 1. The number of fused-ring (bicyclic) bond motifs is 1. The second kappa shape index (κ2) is 4.85. The van der Waals surface area contributed by atoms with Crippen molar-refractivity contribution in [3.05, 3.63) is 46.7 Å². The first-order valence-corrected chi connectivity index (χ1v) is 6.47. The molecule has 2 aromatic heterocycles. The molecule has 1 aromatic carbocycles. The Kier molecular flexibility index (Phi) is 3.04. The van der Waals surface area contributed by atoms with E-state index in [1.54, 1.807) is 16.8 Å². The first kappa shape index (κ1) is 11.9. The Morgan fingerprint density at radius 1 is 1.26 bits per heavy atom. The van der Waals surface area contributed by atoms with Crippen LogP contribution in [0, 0.1) is 0 Å². The average molecular weight is 319 g/mol. The van der Waals surface area contributed by atoms with Gasteiger partial charge in [0.1, 0.15) is 0 Å². The second-order valence-electron chi connectivity index (χ2n) is 3.97. The number of halogens is 1. The predicted molar refractivity (Wildman–Crippen MR) is 76.7 cm³/mol. The fraction of sp³-hybridized carbons (Fsp3) is 0.0833. The third kappa shape index (κ3) is 2.24. The van der Waals surface area contributed by atoms with Crippen molar-refractivity contribution in [1.29, 1.82) is 0 Å². The third-order valence-electron chi connectivity index (χ3n) is 2.76. The van der Waals surface area contributed by atoms with Crippen LogP contribution in [0.25, 0.3) is 5.65 Å². The van der Waals surface area contributed by atoms with E-state index in [0.29, 0.717) is 24.0 Å². The molecule has 19 heavy (non-hydrogen) atoms. The molecular formula is C12H11BrN6. The van der Waals surface area contributed by atoms with Gasteiger partial charge in [0.15, 0.2) is 5.82 Å². The van der Waals surface area contributed by atoms with Gasteiger partial charge >= 0.3 is 0 Å². The molecule has 0 aliphatic rings. The summed E-state index contributed by atoms with van der Waals surface area (Å²) in [4.78, 5) is 4.26. The molecule has 0 unspecified atom stereocenters. The Balaban J connectivity index is 1.88. The number of nitrogens with one attached hydrogen (secondary N) is 1. The summed E-state index contributed by atoms with van der Waals surface area (Å²) in [6.45, 7) is 0.640. The van der Waals surface area contributed by atoms with Crippen LogP contribution < -0.4 is 11.1 Å². The van der Waals surface area contributed by atoms with Gasteiger partial charge in [-0.25, -0.2) is 4.98 Å². The average Bonchev–Trinajstić information content (AvgIpc) is 2.81. The molecule has 3 rings (SSSR count). The summed E-state index contributed by atoms with van der Waals surface area (Å²) in [6.07, 6.45) is 3.39. The van der Waals surface area contributed by atoms with Gasteiger partial charge in [-0.1, -0.05) is 34.1 Å². The molecule has 96 valence electrons. The van der Waals surface area contributed by atoms with Crippen LogP contribution >= 0.6 is 15.9 Å². The van der Waals surface area contributed by atoms with E-state index in [2.05, 4.69) is 36.4 Å². The van der Waals surface area contributed by atoms with Gasteiger partial charge in [-0.2, -0.15) is 0 Å². The lowest BCUT2D eigenvalue weighted by Gasteiger charge is -2.07. The van der Waals surface area contributed by atoms with Crippen LogP contribution in [0.1, 0.15) is 5.56 Å². The zero-order valence-corrected chi connectivity index (χ0v) is 11.5. The molecule has 0 amide bonds. The summed E-state index contributed by atoms with van der Waals surface area (Å²) in [5.41, 5.74) is 7.46. The fourth-order valence-corrected chi connectivity index (χ4v) is 2.21. The zero-order valence-electron chi connectivity index (χ0n) is 9.92. The molecule has 0 atom stereocenters. The lowest BCUT2D eigenvalue weighted by atomic mass is 10.2. The number of hydrogen-bond donors (Lipinski definition) is 2. The van der Waals surface area contributed by atoms with Crippen molar-refractivity contribution in [2.45, 2.75) is 6.54 Å². The summed E-state index contributed by atoms with van der Waals surface area (Å²) >= 11 is 3.51. The molecule has 0 aliphatic heterocycles. The fourth-order valence-electron chi connectivity index (χ4n) is 1.79. The summed E-state index contributed by atoms with van der Waals surface area (Å²) in [6, 6.07) is 8.01. The normalized spacial score (nSPS) is 10.8. The molecule has 0 saturated carbocycles. The molecule has 3 N–H and O–H groups in total. The van der Waals surface area contributed by atoms with E-state index in [9.17, 15) is 0 Å². The van der Waals surface area contributed by atoms with Gasteiger partial charge in [0.05, 0.1) is 0 Å². The highest BCUT2D eigenvalue weighted by atomic mass is 79.9. The summed E-state index contributed by atoms with van der Waals surface area (Å²) in [5.74, 6) is 1.00. The zero-order chi connectivity index (χ0) is 13.2. The Morgan fingerprint density at radius 2 is 2.11 bits per heavy atom. The van der Waals surface area contributed by atoms with Gasteiger partial charge in [-0.05, 0) is 11.6 Å². The van der Waals surface area contributed by atoms with Crippen LogP contribution in [0.15, 0.2) is 41.1 Å². The van der Waals surface area contributed by atoms with Crippen LogP contribution in [-0.4, -0.2) is 19.6 Å². The number of rotatable bonds is 3. The summed E-state index contributed by atoms with van der Waals surface area (Å²) in [7, 11) is 0. The Bertz CT molecular complexity index is 723. The summed E-state index contributed by atoms with van der Waals surface area (Å²) < 4.78 is 2.74. The van der Waals surface area contributed by atoms with Crippen molar-refractivity contribution >= 4 is 33.3 Å². The predicted octanol–water partition coefficient (Wildman–Crippen LogP) is 2.08. The number of nitrogen functional groups attached to an aromatic ring is 1. The van der Waals surface area contributed by atoms with Crippen LogP contribution in [0.3, 0.4) is 0 Å². The molecule has 0 bridgehead atoms. The monoisotopic (exact) mass is 318 g/mol. The first-order valence-electron chi connectivity index (χ1n) is 5.68. The van der Waals surface area contributed by atoms with Gasteiger partial charge in [-0.3, -0.25) is 4.40 Å². The van der Waals surface area contributed by atoms with E-state index in [1.807, 2.05) is 24.3 Å². The smallest absolute Gasteiger partial charge is 0.226 e. The van der Waals surface area contributed by atoms with Gasteiger partial charge in [0.2, 0.25) is 11.6 Å². The second-order valence-corrected chi connectivity index (χ2v) is 4.83. The Labute approximate surface area is 117 Å². The van der Waals surface area contributed by atoms with Crippen molar-refractivity contribution < 1.29 is 0 Å². The maximum Gasteiger partial charge on any atom is 0.226 e. The molecule has 3 aromatic rings. The quantitative estimate of drug-likeness (QED) is 0.772. The maximum atomic E-state index is 5.70. The van der Waals surface area contributed by atoms with Crippen molar-refractivity contribution in [1.82, 2.24) is 19.6 Å². The van der Waals surface area contributed by atoms with E-state index in [0.717, 1.165) is 10.0 Å². The van der Waals surface area contributed by atoms with E-state index in [1.165, 1.54) is 0 Å². The molecule has 7 heteroatoms. The van der Waals surface area contributed by atoms with Crippen LogP contribution in [-0.2, 0) is 6.54 Å². The highest BCUT2D eigenvalue weighted by Gasteiger charge is 2.08. The van der Waals surface area contributed by atoms with Crippen LogP contribution in [0.2, 0.25) is 0 Å². The Hall–Kier alpha value is -2.15. The van der Waals surface area contributed by atoms with E-state index >= 15 is 0 Å². The number of anilines is 2. The van der Waals surface area contributed by atoms with Gasteiger partial charge in [0.25, 0.3) is 0 Å². The number of nitrogens with two attached hydrogens (primary N) is 1. The minimum Gasteiger partial charge on any atom is -0.368 e. The SMILES string of the molecule is Nc1nnc2c(NCc3ccccc3Br)nccn12. The molecule has 0 saturated heterocycles. The largest absolute Gasteiger partial charge is 0.368 e. The maximum absolute atomic E-state index is 5.70. The van der Waals surface area contributed by atoms with E-state index in [-0.39, 0.29) is 0 Å². The molecule has 0 radical (unpaired) electrons. The molecule has 0 fully saturated rings. The molecule has 6 nitrogen and oxygen atoms in total. The minimum atomic E-state index is 0.348. The topological polar surface area (TPSA) is 81.1 Å². The van der Waals surface area contributed by atoms with Crippen molar-refractivity contribution in [2.75, 3.05) is 11.1 Å². The number of hydrogen-bond acceptors (Lipinski definition) is 5. The number of aromatic nitrogens is 4. The van der Waals surface area contributed by atoms with Crippen molar-refractivity contribution in [3.63, 3.8) is 0 Å². The molecule has 0 aliphatic carbocycles. The highest BCUT2D eigenvalue weighted by molar-refractivity contribution is 9.10. The third-order valence-corrected chi connectivity index (χ3v) is 3.53. The van der Waals surface area contributed by atoms with Crippen molar-refractivity contribution in [3.8, 4) is 0 Å². The molecular weight excluding hydrogens is 308 g/mol. The van der Waals surface area contributed by atoms with Crippen LogP contribution in [0.5, 0.6) is 0 Å². The van der Waals surface area contributed by atoms with E-state index in [4.69, 9.17) is 5.73 Å². The lowest BCUT2D eigenvalue weighted by molar-refractivity contribution is 1.07. The van der Waals surface area contributed by atoms with E-state index < -0.39 is 0 Å². The highest BCUT2D eigenvalue weighted by Crippen LogP contribution is 2.18. The Morgan fingerprint density at radius 3 is 2.95 bits per heavy atom. The van der Waals surface area contributed by atoms with Gasteiger partial charge in [-0.15, -0.1) is 10.2 Å².